The van der Waals surface area contributed by atoms with Crippen LogP contribution in [-0.2, 0) is 6.42 Å². The van der Waals surface area contributed by atoms with Gasteiger partial charge in [0.05, 0.1) is 0 Å². The summed E-state index contributed by atoms with van der Waals surface area (Å²) in [5, 5.41) is 3.94. The first-order valence-corrected chi connectivity index (χ1v) is 7.21. The number of carbonyl (C=O) groups is 1. The van der Waals surface area contributed by atoms with Gasteiger partial charge in [0.1, 0.15) is 0 Å². The molecule has 0 unspecified atom stereocenters. The van der Waals surface area contributed by atoms with Crippen molar-refractivity contribution in [3.63, 3.8) is 0 Å². The summed E-state index contributed by atoms with van der Waals surface area (Å²) in [4.78, 5) is 22.4. The minimum Gasteiger partial charge on any atom is -0.340 e. The van der Waals surface area contributed by atoms with Crippen LogP contribution in [0.4, 0.5) is 0 Å². The zero-order valence-electron chi connectivity index (χ0n) is 12.0. The number of piperidine rings is 1. The van der Waals surface area contributed by atoms with E-state index in [-0.39, 0.29) is 5.91 Å². The predicted molar refractivity (Wildman–Crippen MR) is 75.6 cm³/mol. The lowest BCUT2D eigenvalue weighted by Crippen LogP contribution is -2.39. The molecule has 3 rings (SSSR count). The number of pyridine rings is 1. The highest BCUT2D eigenvalue weighted by Crippen LogP contribution is 2.21. The number of carbonyl (C=O) groups excluding carboxylic acids is 1. The quantitative estimate of drug-likeness (QED) is 0.861. The molecule has 110 valence electrons. The van der Waals surface area contributed by atoms with Crippen LogP contribution < -0.4 is 0 Å². The van der Waals surface area contributed by atoms with Crippen LogP contribution in [0.1, 0.15) is 34.9 Å². The van der Waals surface area contributed by atoms with Crippen molar-refractivity contribution in [2.45, 2.75) is 26.2 Å². The number of nitrogens with zero attached hydrogens (tertiary/aromatic N) is 4. The van der Waals surface area contributed by atoms with E-state index in [1.54, 1.807) is 31.5 Å². The van der Waals surface area contributed by atoms with Crippen molar-refractivity contribution in [1.82, 2.24) is 20.0 Å². The Bertz CT molecular complexity index is 603. The van der Waals surface area contributed by atoms with E-state index in [1.165, 1.54) is 0 Å². The molecule has 0 aromatic carbocycles. The Hall–Kier alpha value is -2.24. The Labute approximate surface area is 123 Å². The van der Waals surface area contributed by atoms with E-state index in [4.69, 9.17) is 4.52 Å². The SMILES string of the molecule is Cc1nc(CC2CCN(C(=O)c3ccncc3)CC2)no1. The summed E-state index contributed by atoms with van der Waals surface area (Å²) in [6, 6.07) is 3.52. The number of hydrogen-bond donors (Lipinski definition) is 0. The van der Waals surface area contributed by atoms with E-state index in [0.29, 0.717) is 17.4 Å². The van der Waals surface area contributed by atoms with Gasteiger partial charge in [0.2, 0.25) is 5.89 Å². The molecule has 1 aliphatic heterocycles. The monoisotopic (exact) mass is 286 g/mol. The molecule has 0 atom stereocenters. The van der Waals surface area contributed by atoms with Crippen LogP contribution in [-0.4, -0.2) is 39.0 Å². The maximum atomic E-state index is 12.3. The number of aromatic nitrogens is 3. The first-order valence-electron chi connectivity index (χ1n) is 7.21. The average molecular weight is 286 g/mol. The molecule has 21 heavy (non-hydrogen) atoms. The summed E-state index contributed by atoms with van der Waals surface area (Å²) in [5.74, 6) is 1.98. The molecule has 0 aliphatic carbocycles. The summed E-state index contributed by atoms with van der Waals surface area (Å²) in [7, 11) is 0. The summed E-state index contributed by atoms with van der Waals surface area (Å²) >= 11 is 0. The molecular weight excluding hydrogens is 268 g/mol. The van der Waals surface area contributed by atoms with Crippen LogP contribution in [0, 0.1) is 12.8 Å². The molecule has 0 bridgehead atoms. The largest absolute Gasteiger partial charge is 0.340 e. The molecule has 0 spiro atoms. The van der Waals surface area contributed by atoms with Crippen LogP contribution in [0.25, 0.3) is 0 Å². The van der Waals surface area contributed by atoms with Crippen molar-refractivity contribution >= 4 is 5.91 Å². The third-order valence-corrected chi connectivity index (χ3v) is 3.87. The second-order valence-electron chi connectivity index (χ2n) is 5.41. The van der Waals surface area contributed by atoms with Gasteiger partial charge in [-0.05, 0) is 30.9 Å². The lowest BCUT2D eigenvalue weighted by Gasteiger charge is -2.31. The van der Waals surface area contributed by atoms with Crippen LogP contribution >= 0.6 is 0 Å². The van der Waals surface area contributed by atoms with Crippen molar-refractivity contribution in [3.8, 4) is 0 Å². The number of likely N-dealkylation sites (tertiary alicyclic amines) is 1. The maximum Gasteiger partial charge on any atom is 0.253 e. The standard InChI is InChI=1S/C15H18N4O2/c1-11-17-14(18-21-11)10-12-4-8-19(9-5-12)15(20)13-2-6-16-7-3-13/h2-3,6-7,12H,4-5,8-10H2,1H3. The van der Waals surface area contributed by atoms with Gasteiger partial charge in [-0.2, -0.15) is 4.98 Å². The van der Waals surface area contributed by atoms with Gasteiger partial charge in [-0.25, -0.2) is 0 Å². The van der Waals surface area contributed by atoms with Crippen molar-refractivity contribution in [2.24, 2.45) is 5.92 Å². The van der Waals surface area contributed by atoms with Crippen molar-refractivity contribution in [3.05, 3.63) is 41.8 Å². The Morgan fingerprint density at radius 2 is 2.05 bits per heavy atom. The highest BCUT2D eigenvalue weighted by Gasteiger charge is 2.24. The number of aryl methyl sites for hydroxylation is 1. The van der Waals surface area contributed by atoms with E-state index >= 15 is 0 Å². The van der Waals surface area contributed by atoms with E-state index in [1.807, 2.05) is 4.90 Å². The topological polar surface area (TPSA) is 72.1 Å². The fraction of sp³-hybridized carbons (Fsp3) is 0.467. The molecule has 0 radical (unpaired) electrons. The smallest absolute Gasteiger partial charge is 0.253 e. The fourth-order valence-electron chi connectivity index (χ4n) is 2.70. The second-order valence-corrected chi connectivity index (χ2v) is 5.41. The molecule has 2 aromatic rings. The molecule has 1 amide bonds. The number of amides is 1. The lowest BCUT2D eigenvalue weighted by atomic mass is 9.93. The average Bonchev–Trinajstić information content (AvgIpc) is 2.93. The Kier molecular flexibility index (Phi) is 3.94. The van der Waals surface area contributed by atoms with Crippen LogP contribution in [0.15, 0.2) is 29.0 Å². The molecule has 3 heterocycles. The zero-order chi connectivity index (χ0) is 14.7. The summed E-state index contributed by atoms with van der Waals surface area (Å²) in [6.07, 6.45) is 6.08. The molecule has 1 aliphatic rings. The van der Waals surface area contributed by atoms with Crippen molar-refractivity contribution in [1.29, 1.82) is 0 Å². The van der Waals surface area contributed by atoms with E-state index in [9.17, 15) is 4.79 Å². The second kappa shape index (κ2) is 6.03. The van der Waals surface area contributed by atoms with E-state index in [0.717, 1.165) is 38.2 Å². The maximum absolute atomic E-state index is 12.3. The lowest BCUT2D eigenvalue weighted by molar-refractivity contribution is 0.0689. The van der Waals surface area contributed by atoms with Gasteiger partial charge < -0.3 is 9.42 Å². The Morgan fingerprint density at radius 3 is 2.67 bits per heavy atom. The molecule has 1 fully saturated rings. The van der Waals surface area contributed by atoms with Gasteiger partial charge in [0, 0.05) is 44.4 Å². The minimum atomic E-state index is 0.0891. The first-order chi connectivity index (χ1) is 10.2. The summed E-state index contributed by atoms with van der Waals surface area (Å²) in [6.45, 7) is 3.36. The predicted octanol–water partition coefficient (Wildman–Crippen LogP) is 1.87. The van der Waals surface area contributed by atoms with Gasteiger partial charge in [0.25, 0.3) is 5.91 Å². The molecule has 6 nitrogen and oxygen atoms in total. The molecule has 1 saturated heterocycles. The first kappa shape index (κ1) is 13.7. The number of rotatable bonds is 3. The van der Waals surface area contributed by atoms with Crippen LogP contribution in [0.3, 0.4) is 0 Å². The minimum absolute atomic E-state index is 0.0891. The van der Waals surface area contributed by atoms with Gasteiger partial charge >= 0.3 is 0 Å². The fourth-order valence-corrected chi connectivity index (χ4v) is 2.70. The molecular formula is C15H18N4O2. The number of hydrogen-bond acceptors (Lipinski definition) is 5. The van der Waals surface area contributed by atoms with Crippen LogP contribution in [0.2, 0.25) is 0 Å². The summed E-state index contributed by atoms with van der Waals surface area (Å²) < 4.78 is 4.99. The van der Waals surface area contributed by atoms with Gasteiger partial charge in [0.15, 0.2) is 5.82 Å². The third-order valence-electron chi connectivity index (χ3n) is 3.87. The highest BCUT2D eigenvalue weighted by molar-refractivity contribution is 5.94. The van der Waals surface area contributed by atoms with Gasteiger partial charge in [-0.3, -0.25) is 9.78 Å². The van der Waals surface area contributed by atoms with E-state index in [2.05, 4.69) is 15.1 Å². The molecule has 2 aromatic heterocycles. The van der Waals surface area contributed by atoms with Gasteiger partial charge in [-0.15, -0.1) is 0 Å². The molecule has 6 heteroatoms. The van der Waals surface area contributed by atoms with Crippen LogP contribution in [0.5, 0.6) is 0 Å². The van der Waals surface area contributed by atoms with Crippen molar-refractivity contribution < 1.29 is 9.32 Å². The summed E-state index contributed by atoms with van der Waals surface area (Å²) in [5.41, 5.74) is 0.706. The Morgan fingerprint density at radius 1 is 1.33 bits per heavy atom. The third kappa shape index (κ3) is 3.26. The van der Waals surface area contributed by atoms with Crippen molar-refractivity contribution in [2.75, 3.05) is 13.1 Å². The zero-order valence-corrected chi connectivity index (χ0v) is 12.0. The molecule has 0 saturated carbocycles. The highest BCUT2D eigenvalue weighted by atomic mass is 16.5. The van der Waals surface area contributed by atoms with Gasteiger partial charge in [-0.1, -0.05) is 5.16 Å². The van der Waals surface area contributed by atoms with E-state index < -0.39 is 0 Å². The normalized spacial score (nSPS) is 16.1. The molecule has 0 N–H and O–H groups in total. The Balaban J connectivity index is 1.54.